The van der Waals surface area contributed by atoms with Gasteiger partial charge < -0.3 is 4.74 Å². The second kappa shape index (κ2) is 5.25. The normalized spacial score (nSPS) is 25.8. The Morgan fingerprint density at radius 2 is 2.57 bits per heavy atom. The van der Waals surface area contributed by atoms with Gasteiger partial charge in [-0.15, -0.1) is 0 Å². The maximum absolute atomic E-state index is 11.7. The van der Waals surface area contributed by atoms with Gasteiger partial charge >= 0.3 is 5.97 Å². The summed E-state index contributed by atoms with van der Waals surface area (Å²) in [5.74, 6) is -0.205. The Bertz CT molecular complexity index is 291. The van der Waals surface area contributed by atoms with Crippen LogP contribution in [-0.2, 0) is 9.53 Å². The van der Waals surface area contributed by atoms with E-state index in [1.165, 1.54) is 0 Å². The Kier molecular flexibility index (Phi) is 4.56. The summed E-state index contributed by atoms with van der Waals surface area (Å²) in [7, 11) is 0. The maximum atomic E-state index is 11.7. The molecule has 0 bridgehead atoms. The van der Waals surface area contributed by atoms with Crippen molar-refractivity contribution in [3.05, 3.63) is 11.6 Å². The number of carbonyl (C=O) groups is 1. The first kappa shape index (κ1) is 12.2. The highest BCUT2D eigenvalue weighted by atomic mass is 127. The molecule has 5 heteroatoms. The zero-order valence-electron chi connectivity index (χ0n) is 7.80. The molecule has 0 N–H and O–H groups in total. The second-order valence-corrected chi connectivity index (χ2v) is 5.24. The summed E-state index contributed by atoms with van der Waals surface area (Å²) < 4.78 is 4.42. The van der Waals surface area contributed by atoms with Crippen LogP contribution in [0.2, 0.25) is 0 Å². The number of hydrogen-bond donors (Lipinski definition) is 0. The molecular formula is C9H11BrINO2. The highest BCUT2D eigenvalue weighted by molar-refractivity contribution is 14.1. The van der Waals surface area contributed by atoms with Gasteiger partial charge in [-0.1, -0.05) is 38.5 Å². The molecule has 1 aliphatic heterocycles. The van der Waals surface area contributed by atoms with Crippen LogP contribution in [0.1, 0.15) is 6.92 Å². The lowest BCUT2D eigenvalue weighted by molar-refractivity contribution is -0.144. The van der Waals surface area contributed by atoms with Gasteiger partial charge in [0.15, 0.2) is 3.42 Å². The molecule has 1 rings (SSSR count). The number of ether oxygens (including phenoxy) is 1. The first-order valence-electron chi connectivity index (χ1n) is 4.26. The molecule has 78 valence electrons. The number of allylic oxidation sites excluding steroid dienone is 1. The van der Waals surface area contributed by atoms with Crippen molar-refractivity contribution < 1.29 is 9.53 Å². The number of halogens is 2. The van der Waals surface area contributed by atoms with E-state index in [0.29, 0.717) is 18.5 Å². The van der Waals surface area contributed by atoms with Crippen molar-refractivity contribution in [1.82, 2.24) is 0 Å². The van der Waals surface area contributed by atoms with Crippen LogP contribution >= 0.6 is 38.5 Å². The second-order valence-electron chi connectivity index (χ2n) is 2.84. The Balaban J connectivity index is 2.87. The first-order chi connectivity index (χ1) is 6.65. The summed E-state index contributed by atoms with van der Waals surface area (Å²) >= 11 is 5.48. The Morgan fingerprint density at radius 1 is 1.86 bits per heavy atom. The molecule has 1 heterocycles. The lowest BCUT2D eigenvalue weighted by atomic mass is 9.99. The van der Waals surface area contributed by atoms with Gasteiger partial charge in [0.25, 0.3) is 0 Å². The molecule has 0 fully saturated rings. The molecular weight excluding hydrogens is 361 g/mol. The standard InChI is InChI=1S/C9H11BrINO2/c1-2-14-8(13)9(11)6-12-4-3-7(9)5-10/h3-4H,2,5-6H2,1H3. The molecule has 0 saturated carbocycles. The summed E-state index contributed by atoms with van der Waals surface area (Å²) in [5, 5.41) is 0.667. The summed E-state index contributed by atoms with van der Waals surface area (Å²) in [6.07, 6.45) is 3.59. The van der Waals surface area contributed by atoms with Crippen molar-refractivity contribution in [2.45, 2.75) is 10.3 Å². The van der Waals surface area contributed by atoms with Crippen molar-refractivity contribution in [1.29, 1.82) is 0 Å². The zero-order valence-corrected chi connectivity index (χ0v) is 11.5. The van der Waals surface area contributed by atoms with Crippen molar-refractivity contribution in [2.75, 3.05) is 18.5 Å². The molecule has 0 amide bonds. The number of rotatable bonds is 3. The lowest BCUT2D eigenvalue weighted by Crippen LogP contribution is -2.41. The topological polar surface area (TPSA) is 38.7 Å². The van der Waals surface area contributed by atoms with Gasteiger partial charge in [0.2, 0.25) is 0 Å². The van der Waals surface area contributed by atoms with Crippen LogP contribution in [0.3, 0.4) is 0 Å². The fourth-order valence-corrected chi connectivity index (χ4v) is 3.06. The molecule has 0 aromatic carbocycles. The van der Waals surface area contributed by atoms with Gasteiger partial charge in [-0.3, -0.25) is 9.79 Å². The van der Waals surface area contributed by atoms with Crippen LogP contribution in [0, 0.1) is 0 Å². The monoisotopic (exact) mass is 371 g/mol. The predicted octanol–water partition coefficient (Wildman–Crippen LogP) is 2.13. The van der Waals surface area contributed by atoms with Crippen molar-refractivity contribution >= 4 is 50.7 Å². The van der Waals surface area contributed by atoms with E-state index in [1.807, 2.05) is 13.0 Å². The molecule has 0 spiro atoms. The highest BCUT2D eigenvalue weighted by Gasteiger charge is 2.41. The molecule has 14 heavy (non-hydrogen) atoms. The molecule has 1 unspecified atom stereocenters. The largest absolute Gasteiger partial charge is 0.465 e. The highest BCUT2D eigenvalue weighted by Crippen LogP contribution is 2.33. The fraction of sp³-hybridized carbons (Fsp3) is 0.556. The Morgan fingerprint density at radius 3 is 3.14 bits per heavy atom. The SMILES string of the molecule is CCOC(=O)C1(I)CN=CC=C1CBr. The van der Waals surface area contributed by atoms with Crippen molar-refractivity contribution in [3.63, 3.8) is 0 Å². The molecule has 1 aliphatic rings. The summed E-state index contributed by atoms with van der Waals surface area (Å²) in [4.78, 5) is 15.8. The average Bonchev–Trinajstić information content (AvgIpc) is 2.19. The number of esters is 1. The van der Waals surface area contributed by atoms with E-state index in [-0.39, 0.29) is 5.97 Å². The number of alkyl halides is 2. The Hall–Kier alpha value is 0.0900. The van der Waals surface area contributed by atoms with E-state index in [1.54, 1.807) is 6.21 Å². The van der Waals surface area contributed by atoms with E-state index in [2.05, 4.69) is 43.5 Å². The summed E-state index contributed by atoms with van der Waals surface area (Å²) in [6.45, 7) is 2.67. The number of dihydropyridines is 1. The number of hydrogen-bond acceptors (Lipinski definition) is 3. The third kappa shape index (κ3) is 2.36. The molecule has 3 nitrogen and oxygen atoms in total. The van der Waals surface area contributed by atoms with Crippen LogP contribution in [-0.4, -0.2) is 34.1 Å². The van der Waals surface area contributed by atoms with Crippen molar-refractivity contribution in [2.24, 2.45) is 4.99 Å². The molecule has 0 radical (unpaired) electrons. The van der Waals surface area contributed by atoms with E-state index >= 15 is 0 Å². The third-order valence-corrected chi connectivity index (χ3v) is 4.02. The number of nitrogens with zero attached hydrogens (tertiary/aromatic N) is 1. The van der Waals surface area contributed by atoms with Gasteiger partial charge in [0.05, 0.1) is 13.2 Å². The van der Waals surface area contributed by atoms with Gasteiger partial charge in [0.1, 0.15) is 0 Å². The first-order valence-corrected chi connectivity index (χ1v) is 6.46. The minimum atomic E-state index is -0.619. The Labute approximate surface area is 105 Å². The molecule has 0 aromatic heterocycles. The molecule has 0 aromatic rings. The smallest absolute Gasteiger partial charge is 0.328 e. The summed E-state index contributed by atoms with van der Waals surface area (Å²) in [6, 6.07) is 0. The van der Waals surface area contributed by atoms with E-state index in [9.17, 15) is 4.79 Å². The van der Waals surface area contributed by atoms with Gasteiger partial charge in [-0.25, -0.2) is 0 Å². The summed E-state index contributed by atoms with van der Waals surface area (Å²) in [5.41, 5.74) is 1.01. The van der Waals surface area contributed by atoms with Crippen molar-refractivity contribution in [3.8, 4) is 0 Å². The van der Waals surface area contributed by atoms with E-state index in [0.717, 1.165) is 5.57 Å². The predicted molar refractivity (Wildman–Crippen MR) is 68.6 cm³/mol. The van der Waals surface area contributed by atoms with Crippen LogP contribution in [0.5, 0.6) is 0 Å². The number of carbonyl (C=O) groups excluding carboxylic acids is 1. The molecule has 1 atom stereocenters. The van der Waals surface area contributed by atoms with Crippen LogP contribution in [0.25, 0.3) is 0 Å². The van der Waals surface area contributed by atoms with Crippen LogP contribution in [0.4, 0.5) is 0 Å². The molecule has 0 saturated heterocycles. The van der Waals surface area contributed by atoms with Gasteiger partial charge in [-0.05, 0) is 18.6 Å². The van der Waals surface area contributed by atoms with Gasteiger partial charge in [0, 0.05) is 11.5 Å². The van der Waals surface area contributed by atoms with E-state index < -0.39 is 3.42 Å². The maximum Gasteiger partial charge on any atom is 0.328 e. The molecule has 0 aliphatic carbocycles. The van der Waals surface area contributed by atoms with Gasteiger partial charge in [-0.2, -0.15) is 0 Å². The van der Waals surface area contributed by atoms with E-state index in [4.69, 9.17) is 4.74 Å². The number of aliphatic imine (C=N–C) groups is 1. The lowest BCUT2D eigenvalue weighted by Gasteiger charge is -2.27. The fourth-order valence-electron chi connectivity index (χ4n) is 1.15. The zero-order chi connectivity index (χ0) is 10.6. The quantitative estimate of drug-likeness (QED) is 0.433. The average molecular weight is 372 g/mol. The minimum absolute atomic E-state index is 0.205. The third-order valence-electron chi connectivity index (χ3n) is 1.94. The minimum Gasteiger partial charge on any atom is -0.465 e. The van der Waals surface area contributed by atoms with Crippen LogP contribution < -0.4 is 0 Å². The van der Waals surface area contributed by atoms with Crippen LogP contribution in [0.15, 0.2) is 16.6 Å².